The number of fused-ring (bicyclic) bond motifs is 1. The monoisotopic (exact) mass is 404 g/mol. The van der Waals surface area contributed by atoms with Gasteiger partial charge in [0.2, 0.25) is 0 Å². The van der Waals surface area contributed by atoms with Gasteiger partial charge in [0, 0.05) is 17.9 Å². The largest absolute Gasteiger partial charge is 0.459 e. The topological polar surface area (TPSA) is 43.4 Å². The van der Waals surface area contributed by atoms with Crippen LogP contribution in [0.3, 0.4) is 0 Å². The molecule has 0 spiro atoms. The third-order valence-corrected chi connectivity index (χ3v) is 7.20. The molecule has 0 saturated heterocycles. The Balaban J connectivity index is 1.60. The normalized spacial score (nSPS) is 25.1. The first-order chi connectivity index (χ1) is 14.3. The van der Waals surface area contributed by atoms with Crippen LogP contribution in [-0.2, 0) is 19.7 Å². The third kappa shape index (κ3) is 4.21. The Kier molecular flexibility index (Phi) is 5.81. The highest BCUT2D eigenvalue weighted by molar-refractivity contribution is 6.00. The number of esters is 1. The molecule has 2 aromatic carbocycles. The van der Waals surface area contributed by atoms with Gasteiger partial charge in [-0.25, -0.2) is 4.79 Å². The summed E-state index contributed by atoms with van der Waals surface area (Å²) in [6.07, 6.45) is 6.37. The minimum Gasteiger partial charge on any atom is -0.459 e. The van der Waals surface area contributed by atoms with E-state index in [1.165, 1.54) is 22.4 Å². The molecule has 3 atom stereocenters. The van der Waals surface area contributed by atoms with E-state index in [1.54, 1.807) is 0 Å². The molecule has 1 fully saturated rings. The molecule has 0 aromatic heterocycles. The Labute approximate surface area is 179 Å². The van der Waals surface area contributed by atoms with E-state index < -0.39 is 0 Å². The minimum absolute atomic E-state index is 0.0401. The van der Waals surface area contributed by atoms with Crippen LogP contribution in [-0.4, -0.2) is 17.9 Å². The van der Waals surface area contributed by atoms with Gasteiger partial charge in [-0.15, -0.1) is 0 Å². The summed E-state index contributed by atoms with van der Waals surface area (Å²) in [6.45, 7) is 6.80. The molecule has 2 aliphatic rings. The van der Waals surface area contributed by atoms with Crippen molar-refractivity contribution in [1.29, 1.82) is 0 Å². The highest BCUT2D eigenvalue weighted by Crippen LogP contribution is 2.44. The number of rotatable bonds is 4. The van der Waals surface area contributed by atoms with Gasteiger partial charge in [0.05, 0.1) is 0 Å². The maximum atomic E-state index is 12.9. The van der Waals surface area contributed by atoms with Crippen molar-refractivity contribution in [2.75, 3.05) is 0 Å². The molecule has 4 rings (SSSR count). The van der Waals surface area contributed by atoms with Gasteiger partial charge < -0.3 is 4.74 Å². The molecule has 3 heteroatoms. The molecule has 0 radical (unpaired) electrons. The molecule has 0 amide bonds. The predicted molar refractivity (Wildman–Crippen MR) is 120 cm³/mol. The molecule has 0 unspecified atom stereocenters. The number of carbonyl (C=O) groups excluding carboxylic acids is 2. The molecule has 0 heterocycles. The van der Waals surface area contributed by atoms with E-state index in [-0.39, 0.29) is 29.2 Å². The van der Waals surface area contributed by atoms with Gasteiger partial charge in [0.25, 0.3) is 0 Å². The van der Waals surface area contributed by atoms with Gasteiger partial charge in [0.1, 0.15) is 6.10 Å². The average Bonchev–Trinajstić information content (AvgIpc) is 2.73. The Bertz CT molecular complexity index is 985. The zero-order chi connectivity index (χ0) is 21.3. The fourth-order valence-electron chi connectivity index (χ4n) is 5.25. The third-order valence-electron chi connectivity index (χ3n) is 7.20. The fourth-order valence-corrected chi connectivity index (χ4v) is 5.25. The summed E-state index contributed by atoms with van der Waals surface area (Å²) in [5, 5.41) is 2.48. The van der Waals surface area contributed by atoms with Crippen molar-refractivity contribution < 1.29 is 14.3 Å². The maximum Gasteiger partial charge on any atom is 0.334 e. The lowest BCUT2D eigenvalue weighted by Crippen LogP contribution is -2.43. The van der Waals surface area contributed by atoms with E-state index in [1.807, 2.05) is 0 Å². The van der Waals surface area contributed by atoms with Crippen molar-refractivity contribution in [2.24, 2.45) is 11.8 Å². The molecule has 2 aromatic rings. The summed E-state index contributed by atoms with van der Waals surface area (Å²) in [7, 11) is 0. The zero-order valence-electron chi connectivity index (χ0n) is 18.3. The van der Waals surface area contributed by atoms with Crippen LogP contribution in [0.25, 0.3) is 10.8 Å². The smallest absolute Gasteiger partial charge is 0.334 e. The first-order valence-electron chi connectivity index (χ1n) is 11.3. The summed E-state index contributed by atoms with van der Waals surface area (Å²) in [4.78, 5) is 24.6. The Morgan fingerprint density at radius 3 is 2.57 bits per heavy atom. The molecule has 0 aliphatic heterocycles. The van der Waals surface area contributed by atoms with Crippen molar-refractivity contribution in [3.05, 3.63) is 59.7 Å². The molecule has 158 valence electrons. The van der Waals surface area contributed by atoms with Crippen molar-refractivity contribution in [2.45, 2.75) is 70.8 Å². The van der Waals surface area contributed by atoms with Crippen LogP contribution in [0.1, 0.15) is 64.9 Å². The van der Waals surface area contributed by atoms with E-state index in [0.29, 0.717) is 24.3 Å². The molecule has 3 nitrogen and oxygen atoms in total. The first kappa shape index (κ1) is 20.8. The molecular weight excluding hydrogens is 372 g/mol. The molecule has 30 heavy (non-hydrogen) atoms. The first-order valence-corrected chi connectivity index (χ1v) is 11.3. The molecule has 2 aliphatic carbocycles. The highest BCUT2D eigenvalue weighted by Gasteiger charge is 2.42. The lowest BCUT2D eigenvalue weighted by atomic mass is 9.64. The SMILES string of the molecule is C[C@@H]1CC[C@@H](C(C)(C)c2ccc3ccccc3c2)[C@H](OC(=O)C2=CC(=O)CCC2)C1. The van der Waals surface area contributed by atoms with Crippen LogP contribution in [0.15, 0.2) is 54.1 Å². The second-order valence-electron chi connectivity index (χ2n) is 9.74. The van der Waals surface area contributed by atoms with Crippen LogP contribution in [0.4, 0.5) is 0 Å². The average molecular weight is 405 g/mol. The zero-order valence-corrected chi connectivity index (χ0v) is 18.3. The van der Waals surface area contributed by atoms with Crippen molar-refractivity contribution in [3.8, 4) is 0 Å². The molecule has 0 N–H and O–H groups in total. The van der Waals surface area contributed by atoms with Gasteiger partial charge in [-0.3, -0.25) is 4.79 Å². The van der Waals surface area contributed by atoms with Crippen molar-refractivity contribution in [3.63, 3.8) is 0 Å². The van der Waals surface area contributed by atoms with Crippen LogP contribution < -0.4 is 0 Å². The summed E-state index contributed by atoms with van der Waals surface area (Å²) >= 11 is 0. The maximum absolute atomic E-state index is 12.9. The molecule has 1 saturated carbocycles. The number of hydrogen-bond acceptors (Lipinski definition) is 3. The van der Waals surface area contributed by atoms with Crippen LogP contribution in [0.5, 0.6) is 0 Å². The van der Waals surface area contributed by atoms with Crippen molar-refractivity contribution >= 4 is 22.5 Å². The highest BCUT2D eigenvalue weighted by atomic mass is 16.5. The van der Waals surface area contributed by atoms with E-state index in [4.69, 9.17) is 4.74 Å². The molecule has 0 bridgehead atoms. The number of benzene rings is 2. The Morgan fingerprint density at radius 2 is 1.80 bits per heavy atom. The second kappa shape index (κ2) is 8.37. The number of carbonyl (C=O) groups is 2. The van der Waals surface area contributed by atoms with E-state index in [9.17, 15) is 9.59 Å². The Morgan fingerprint density at radius 1 is 1.03 bits per heavy atom. The summed E-state index contributed by atoms with van der Waals surface area (Å²) in [5.41, 5.74) is 1.71. The van der Waals surface area contributed by atoms with Crippen molar-refractivity contribution in [1.82, 2.24) is 0 Å². The minimum atomic E-state index is -0.290. The van der Waals surface area contributed by atoms with E-state index >= 15 is 0 Å². The predicted octanol–water partition coefficient (Wildman–Crippen LogP) is 6.14. The summed E-state index contributed by atoms with van der Waals surface area (Å²) in [5.74, 6) is 0.534. The van der Waals surface area contributed by atoms with Gasteiger partial charge >= 0.3 is 5.97 Å². The second-order valence-corrected chi connectivity index (χ2v) is 9.74. The van der Waals surface area contributed by atoms with Gasteiger partial charge in [-0.05, 0) is 59.4 Å². The lowest BCUT2D eigenvalue weighted by molar-refractivity contribution is -0.152. The van der Waals surface area contributed by atoms with E-state index in [2.05, 4.69) is 63.2 Å². The van der Waals surface area contributed by atoms with Crippen LogP contribution in [0.2, 0.25) is 0 Å². The number of hydrogen-bond donors (Lipinski definition) is 0. The van der Waals surface area contributed by atoms with Crippen LogP contribution >= 0.6 is 0 Å². The van der Waals surface area contributed by atoms with E-state index in [0.717, 1.165) is 25.7 Å². The standard InChI is InChI=1S/C27H32O3/c1-18-11-14-24(25(15-18)30-26(29)21-9-6-10-23(28)17-21)27(2,3)22-13-12-19-7-4-5-8-20(19)16-22/h4-5,7-8,12-13,16-18,24-25H,6,9-11,14-15H2,1-3H3/t18-,24-,25-/m1/s1. The van der Waals surface area contributed by atoms with Gasteiger partial charge in [-0.2, -0.15) is 0 Å². The number of ketones is 1. The lowest BCUT2D eigenvalue weighted by Gasteiger charge is -2.44. The van der Waals surface area contributed by atoms with Gasteiger partial charge in [-0.1, -0.05) is 69.7 Å². The number of allylic oxidation sites excluding steroid dienone is 1. The van der Waals surface area contributed by atoms with Gasteiger partial charge in [0.15, 0.2) is 5.78 Å². The summed E-state index contributed by atoms with van der Waals surface area (Å²) < 4.78 is 6.10. The Hall–Kier alpha value is -2.42. The summed E-state index contributed by atoms with van der Waals surface area (Å²) in [6, 6.07) is 15.1. The number of ether oxygens (including phenoxy) is 1. The molecular formula is C27H32O3. The quantitative estimate of drug-likeness (QED) is 0.575. The fraction of sp³-hybridized carbons (Fsp3) is 0.481. The van der Waals surface area contributed by atoms with Crippen LogP contribution in [0, 0.1) is 11.8 Å².